The van der Waals surface area contributed by atoms with Crippen LogP contribution in [-0.4, -0.2) is 43.8 Å². The summed E-state index contributed by atoms with van der Waals surface area (Å²) in [6.07, 6.45) is 3.50. The first-order valence-corrected chi connectivity index (χ1v) is 5.24. The van der Waals surface area contributed by atoms with Gasteiger partial charge in [-0.25, -0.2) is 0 Å². The van der Waals surface area contributed by atoms with Crippen molar-refractivity contribution in [2.24, 2.45) is 5.73 Å². The number of hydrogen-bond acceptors (Lipinski definition) is 3. The summed E-state index contributed by atoms with van der Waals surface area (Å²) in [6.45, 7) is 5.73. The molecule has 1 saturated heterocycles. The molecule has 0 aromatic heterocycles. The smallest absolute Gasteiger partial charge is 0.0662 e. The quantitative estimate of drug-likeness (QED) is 0.707. The largest absolute Gasteiger partial charge is 0.379 e. The second-order valence-electron chi connectivity index (χ2n) is 4.01. The van der Waals surface area contributed by atoms with Gasteiger partial charge in [-0.1, -0.05) is 6.92 Å². The Bertz CT molecular complexity index is 144. The van der Waals surface area contributed by atoms with Crippen LogP contribution in [-0.2, 0) is 4.74 Å². The van der Waals surface area contributed by atoms with Crippen molar-refractivity contribution in [2.75, 3.05) is 33.4 Å². The van der Waals surface area contributed by atoms with Crippen molar-refractivity contribution < 1.29 is 4.74 Å². The van der Waals surface area contributed by atoms with Crippen LogP contribution < -0.4 is 5.73 Å². The molecule has 1 heterocycles. The molecule has 2 N–H and O–H groups in total. The highest BCUT2D eigenvalue weighted by molar-refractivity contribution is 4.92. The van der Waals surface area contributed by atoms with Crippen molar-refractivity contribution in [2.45, 2.75) is 31.7 Å². The fourth-order valence-corrected chi connectivity index (χ4v) is 2.03. The molecule has 0 aromatic rings. The number of rotatable bonds is 4. The standard InChI is InChI=1S/C10H22N2O/c1-3-6-12(2)10(8-11)5-4-7-13-9-10/h3-9,11H2,1-2H3. The summed E-state index contributed by atoms with van der Waals surface area (Å²) >= 11 is 0. The monoisotopic (exact) mass is 186 g/mol. The molecule has 3 nitrogen and oxygen atoms in total. The molecule has 3 heteroatoms. The summed E-state index contributed by atoms with van der Waals surface area (Å²) in [4.78, 5) is 2.37. The second-order valence-corrected chi connectivity index (χ2v) is 4.01. The molecule has 0 spiro atoms. The predicted octanol–water partition coefficient (Wildman–Crippen LogP) is 0.836. The molecule has 1 aliphatic rings. The lowest BCUT2D eigenvalue weighted by molar-refractivity contribution is -0.0340. The molecule has 1 fully saturated rings. The third kappa shape index (κ3) is 2.42. The Morgan fingerprint density at radius 3 is 2.77 bits per heavy atom. The maximum atomic E-state index is 5.85. The third-order valence-corrected chi connectivity index (χ3v) is 3.05. The number of hydrogen-bond donors (Lipinski definition) is 1. The van der Waals surface area contributed by atoms with Crippen molar-refractivity contribution in [3.8, 4) is 0 Å². The lowest BCUT2D eigenvalue weighted by Gasteiger charge is -2.43. The van der Waals surface area contributed by atoms with E-state index in [0.29, 0.717) is 6.54 Å². The summed E-state index contributed by atoms with van der Waals surface area (Å²) in [5.74, 6) is 0. The molecular formula is C10H22N2O. The molecule has 1 atom stereocenters. The average Bonchev–Trinajstić information content (AvgIpc) is 2.19. The van der Waals surface area contributed by atoms with Crippen LogP contribution in [0.5, 0.6) is 0 Å². The van der Waals surface area contributed by atoms with Crippen LogP contribution in [0.15, 0.2) is 0 Å². The zero-order chi connectivity index (χ0) is 9.73. The fraction of sp³-hybridized carbons (Fsp3) is 1.00. The van der Waals surface area contributed by atoms with E-state index in [1.54, 1.807) is 0 Å². The van der Waals surface area contributed by atoms with E-state index >= 15 is 0 Å². The molecule has 13 heavy (non-hydrogen) atoms. The maximum Gasteiger partial charge on any atom is 0.0662 e. The molecule has 1 rings (SSSR count). The van der Waals surface area contributed by atoms with E-state index in [2.05, 4.69) is 18.9 Å². The molecule has 0 aromatic carbocycles. The van der Waals surface area contributed by atoms with E-state index in [9.17, 15) is 0 Å². The molecule has 0 radical (unpaired) electrons. The third-order valence-electron chi connectivity index (χ3n) is 3.05. The van der Waals surface area contributed by atoms with E-state index in [1.807, 2.05) is 0 Å². The number of nitrogens with two attached hydrogens (primary N) is 1. The Morgan fingerprint density at radius 1 is 1.54 bits per heavy atom. The SMILES string of the molecule is CCCN(C)C1(CN)CCCOC1. The molecule has 1 unspecified atom stereocenters. The first-order chi connectivity index (χ1) is 6.25. The van der Waals surface area contributed by atoms with Crippen LogP contribution in [0, 0.1) is 0 Å². The van der Waals surface area contributed by atoms with Gasteiger partial charge in [-0.05, 0) is 32.9 Å². The van der Waals surface area contributed by atoms with Crippen molar-refractivity contribution in [1.29, 1.82) is 0 Å². The van der Waals surface area contributed by atoms with Crippen molar-refractivity contribution in [3.63, 3.8) is 0 Å². The minimum Gasteiger partial charge on any atom is -0.379 e. The molecule has 0 saturated carbocycles. The van der Waals surface area contributed by atoms with Gasteiger partial charge in [0.05, 0.1) is 12.1 Å². The highest BCUT2D eigenvalue weighted by atomic mass is 16.5. The van der Waals surface area contributed by atoms with Crippen molar-refractivity contribution >= 4 is 0 Å². The molecule has 0 amide bonds. The van der Waals surface area contributed by atoms with E-state index in [4.69, 9.17) is 10.5 Å². The summed E-state index contributed by atoms with van der Waals surface area (Å²) in [5, 5.41) is 0. The lowest BCUT2D eigenvalue weighted by atomic mass is 9.90. The van der Waals surface area contributed by atoms with Gasteiger partial charge >= 0.3 is 0 Å². The Labute approximate surface area is 81.2 Å². The normalized spacial score (nSPS) is 29.5. The molecule has 0 aliphatic carbocycles. The maximum absolute atomic E-state index is 5.85. The van der Waals surface area contributed by atoms with E-state index < -0.39 is 0 Å². The van der Waals surface area contributed by atoms with Crippen molar-refractivity contribution in [3.05, 3.63) is 0 Å². The van der Waals surface area contributed by atoms with Gasteiger partial charge in [-0.3, -0.25) is 4.90 Å². The number of likely N-dealkylation sites (N-methyl/N-ethyl adjacent to an activating group) is 1. The highest BCUT2D eigenvalue weighted by Gasteiger charge is 2.34. The lowest BCUT2D eigenvalue weighted by Crippen LogP contribution is -2.57. The van der Waals surface area contributed by atoms with Gasteiger partial charge in [0.25, 0.3) is 0 Å². The predicted molar refractivity (Wildman–Crippen MR) is 54.8 cm³/mol. The first-order valence-electron chi connectivity index (χ1n) is 5.24. The molecular weight excluding hydrogens is 164 g/mol. The first kappa shape index (κ1) is 11.0. The second kappa shape index (κ2) is 4.94. The zero-order valence-corrected chi connectivity index (χ0v) is 8.88. The van der Waals surface area contributed by atoms with Crippen LogP contribution in [0.25, 0.3) is 0 Å². The molecule has 78 valence electrons. The Kier molecular flexibility index (Phi) is 4.16. The van der Waals surface area contributed by atoms with Crippen molar-refractivity contribution in [1.82, 2.24) is 4.90 Å². The van der Waals surface area contributed by atoms with E-state index in [0.717, 1.165) is 26.2 Å². The summed E-state index contributed by atoms with van der Waals surface area (Å²) in [5.41, 5.74) is 5.97. The Balaban J connectivity index is 2.55. The Hall–Kier alpha value is -0.120. The van der Waals surface area contributed by atoms with Crippen LogP contribution >= 0.6 is 0 Å². The zero-order valence-electron chi connectivity index (χ0n) is 8.88. The van der Waals surface area contributed by atoms with Gasteiger partial charge < -0.3 is 10.5 Å². The minimum atomic E-state index is 0.119. The molecule has 1 aliphatic heterocycles. The highest BCUT2D eigenvalue weighted by Crippen LogP contribution is 2.24. The van der Waals surface area contributed by atoms with Crippen LogP contribution in [0.4, 0.5) is 0 Å². The van der Waals surface area contributed by atoms with Gasteiger partial charge in [0.2, 0.25) is 0 Å². The van der Waals surface area contributed by atoms with Gasteiger partial charge in [0.15, 0.2) is 0 Å². The summed E-state index contributed by atoms with van der Waals surface area (Å²) in [7, 11) is 2.16. The summed E-state index contributed by atoms with van der Waals surface area (Å²) < 4.78 is 5.52. The van der Waals surface area contributed by atoms with E-state index in [1.165, 1.54) is 12.8 Å². The Morgan fingerprint density at radius 2 is 2.31 bits per heavy atom. The van der Waals surface area contributed by atoms with Crippen LogP contribution in [0.3, 0.4) is 0 Å². The molecule has 0 bridgehead atoms. The van der Waals surface area contributed by atoms with Crippen LogP contribution in [0.2, 0.25) is 0 Å². The van der Waals surface area contributed by atoms with Gasteiger partial charge in [0, 0.05) is 13.2 Å². The minimum absolute atomic E-state index is 0.119. The van der Waals surface area contributed by atoms with E-state index in [-0.39, 0.29) is 5.54 Å². The fourth-order valence-electron chi connectivity index (χ4n) is 2.03. The van der Waals surface area contributed by atoms with Crippen LogP contribution in [0.1, 0.15) is 26.2 Å². The van der Waals surface area contributed by atoms with Gasteiger partial charge in [-0.2, -0.15) is 0 Å². The van der Waals surface area contributed by atoms with Gasteiger partial charge in [0.1, 0.15) is 0 Å². The van der Waals surface area contributed by atoms with Gasteiger partial charge in [-0.15, -0.1) is 0 Å². The number of nitrogens with zero attached hydrogens (tertiary/aromatic N) is 1. The summed E-state index contributed by atoms with van der Waals surface area (Å²) in [6, 6.07) is 0. The average molecular weight is 186 g/mol. The number of ether oxygens (including phenoxy) is 1. The topological polar surface area (TPSA) is 38.5 Å².